The predicted octanol–water partition coefficient (Wildman–Crippen LogP) is 3.60. The molecule has 6 heteroatoms. The molecule has 1 atom stereocenters. The predicted molar refractivity (Wildman–Crippen MR) is 110 cm³/mol. The number of hydrogen-bond acceptors (Lipinski definition) is 5. The molecule has 0 N–H and O–H groups in total. The lowest BCUT2D eigenvalue weighted by atomic mass is 9.74. The number of piperidine rings is 1. The Morgan fingerprint density at radius 2 is 1.93 bits per heavy atom. The van der Waals surface area contributed by atoms with E-state index in [4.69, 9.17) is 13.9 Å². The van der Waals surface area contributed by atoms with Crippen LogP contribution in [0, 0.1) is 19.3 Å². The maximum Gasteiger partial charge on any atom is 0.339 e. The Labute approximate surface area is 170 Å². The highest BCUT2D eigenvalue weighted by Crippen LogP contribution is 2.39. The molecule has 2 aromatic rings. The lowest BCUT2D eigenvalue weighted by molar-refractivity contribution is -0.143. The average Bonchev–Trinajstić information content (AvgIpc) is 2.72. The molecule has 1 aromatic heterocycles. The van der Waals surface area contributed by atoms with E-state index in [1.165, 1.54) is 0 Å². The van der Waals surface area contributed by atoms with Crippen LogP contribution in [0.4, 0.5) is 0 Å². The van der Waals surface area contributed by atoms with Crippen LogP contribution in [-0.4, -0.2) is 43.2 Å². The number of carbonyl (C=O) groups is 1. The fraction of sp³-hybridized carbons (Fsp3) is 0.565. The molecule has 4 rings (SSSR count). The molecule has 1 unspecified atom stereocenters. The molecule has 1 spiro atoms. The summed E-state index contributed by atoms with van der Waals surface area (Å²) in [6, 6.07) is 5.41. The fourth-order valence-corrected chi connectivity index (χ4v) is 4.62. The maximum absolute atomic E-state index is 13.0. The molecule has 1 amide bonds. The van der Waals surface area contributed by atoms with Gasteiger partial charge in [0.2, 0.25) is 0 Å². The first-order valence-electron chi connectivity index (χ1n) is 10.5. The third kappa shape index (κ3) is 3.90. The number of fused-ring (bicyclic) bond motifs is 1. The Kier molecular flexibility index (Phi) is 5.38. The SMILES string of the molecule is Cc1c(C)c2ccc(OC(C)C(=O)N3CCCC4(CCOCC4)C3)cc2oc1=O. The van der Waals surface area contributed by atoms with E-state index in [9.17, 15) is 9.59 Å². The molecule has 0 bridgehead atoms. The summed E-state index contributed by atoms with van der Waals surface area (Å²) in [6.07, 6.45) is 3.64. The van der Waals surface area contributed by atoms with E-state index in [1.807, 2.05) is 24.0 Å². The van der Waals surface area contributed by atoms with Crippen molar-refractivity contribution in [3.05, 3.63) is 39.7 Å². The average molecular weight is 399 g/mol. The largest absolute Gasteiger partial charge is 0.481 e. The smallest absolute Gasteiger partial charge is 0.339 e. The fourth-order valence-electron chi connectivity index (χ4n) is 4.62. The van der Waals surface area contributed by atoms with Crippen LogP contribution in [0.5, 0.6) is 5.75 Å². The van der Waals surface area contributed by atoms with E-state index in [-0.39, 0.29) is 16.9 Å². The number of likely N-dealkylation sites (tertiary alicyclic amines) is 1. The maximum atomic E-state index is 13.0. The van der Waals surface area contributed by atoms with Crippen molar-refractivity contribution in [2.45, 2.75) is 52.6 Å². The van der Waals surface area contributed by atoms with Crippen LogP contribution < -0.4 is 10.4 Å². The van der Waals surface area contributed by atoms with E-state index >= 15 is 0 Å². The van der Waals surface area contributed by atoms with Gasteiger partial charge in [-0.3, -0.25) is 4.79 Å². The zero-order chi connectivity index (χ0) is 20.6. The van der Waals surface area contributed by atoms with Gasteiger partial charge in [-0.1, -0.05) is 0 Å². The third-order valence-corrected chi connectivity index (χ3v) is 6.62. The van der Waals surface area contributed by atoms with Crippen molar-refractivity contribution in [3.8, 4) is 5.75 Å². The number of hydrogen-bond donors (Lipinski definition) is 0. The summed E-state index contributed by atoms with van der Waals surface area (Å²) < 4.78 is 16.9. The Bertz CT molecular complexity index is 968. The quantitative estimate of drug-likeness (QED) is 0.738. The molecular formula is C23H29NO5. The van der Waals surface area contributed by atoms with Crippen molar-refractivity contribution in [1.82, 2.24) is 4.90 Å². The molecule has 1 aromatic carbocycles. The second-order valence-corrected chi connectivity index (χ2v) is 8.53. The number of benzene rings is 1. The first-order valence-corrected chi connectivity index (χ1v) is 10.5. The molecule has 156 valence electrons. The summed E-state index contributed by atoms with van der Waals surface area (Å²) in [7, 11) is 0. The van der Waals surface area contributed by atoms with Crippen LogP contribution in [0.15, 0.2) is 27.4 Å². The molecular weight excluding hydrogens is 370 g/mol. The Balaban J connectivity index is 1.48. The summed E-state index contributed by atoms with van der Waals surface area (Å²) in [4.78, 5) is 27.0. The van der Waals surface area contributed by atoms with E-state index < -0.39 is 6.10 Å². The molecule has 2 aliphatic rings. The number of ether oxygens (including phenoxy) is 2. The highest BCUT2D eigenvalue weighted by Gasteiger charge is 2.39. The summed E-state index contributed by atoms with van der Waals surface area (Å²) in [6.45, 7) is 8.59. The monoisotopic (exact) mass is 399 g/mol. The molecule has 3 heterocycles. The first kappa shape index (κ1) is 20.0. The van der Waals surface area contributed by atoms with Crippen LogP contribution in [0.3, 0.4) is 0 Å². The van der Waals surface area contributed by atoms with E-state index in [0.717, 1.165) is 62.9 Å². The van der Waals surface area contributed by atoms with Crippen LogP contribution in [0.1, 0.15) is 43.7 Å². The minimum absolute atomic E-state index is 0.0113. The van der Waals surface area contributed by atoms with Gasteiger partial charge in [-0.2, -0.15) is 0 Å². The van der Waals surface area contributed by atoms with Gasteiger partial charge in [0.25, 0.3) is 5.91 Å². The molecule has 2 saturated heterocycles. The van der Waals surface area contributed by atoms with Gasteiger partial charge in [0.1, 0.15) is 11.3 Å². The first-order chi connectivity index (χ1) is 13.9. The molecule has 2 aliphatic heterocycles. The lowest BCUT2D eigenvalue weighted by Crippen LogP contribution is -2.51. The molecule has 29 heavy (non-hydrogen) atoms. The zero-order valence-corrected chi connectivity index (χ0v) is 17.5. The highest BCUT2D eigenvalue weighted by atomic mass is 16.5. The summed E-state index contributed by atoms with van der Waals surface area (Å²) in [5.41, 5.74) is 1.86. The van der Waals surface area contributed by atoms with Gasteiger partial charge in [0, 0.05) is 43.3 Å². The van der Waals surface area contributed by atoms with Gasteiger partial charge in [0.15, 0.2) is 6.10 Å². The standard InChI is InChI=1S/C23H29NO5/c1-15-16(2)22(26)29-20-13-18(5-6-19(15)20)28-17(3)21(25)24-10-4-7-23(14-24)8-11-27-12-9-23/h5-6,13,17H,4,7-12,14H2,1-3H3. The lowest BCUT2D eigenvalue weighted by Gasteiger charge is -2.45. The number of amides is 1. The molecule has 0 saturated carbocycles. The number of aryl methyl sites for hydroxylation is 1. The molecule has 6 nitrogen and oxygen atoms in total. The van der Waals surface area contributed by atoms with Crippen LogP contribution in [-0.2, 0) is 9.53 Å². The molecule has 0 radical (unpaired) electrons. The van der Waals surface area contributed by atoms with Crippen molar-refractivity contribution in [1.29, 1.82) is 0 Å². The normalized spacial score (nSPS) is 20.0. The summed E-state index contributed by atoms with van der Waals surface area (Å²) >= 11 is 0. The van der Waals surface area contributed by atoms with Gasteiger partial charge in [-0.05, 0) is 69.6 Å². The van der Waals surface area contributed by atoms with Crippen LogP contribution in [0.25, 0.3) is 11.0 Å². The van der Waals surface area contributed by atoms with Gasteiger partial charge in [0.05, 0.1) is 0 Å². The Hall–Kier alpha value is -2.34. The summed E-state index contributed by atoms with van der Waals surface area (Å²) in [5.74, 6) is 0.541. The minimum atomic E-state index is -0.597. The number of rotatable bonds is 3. The van der Waals surface area contributed by atoms with Crippen molar-refractivity contribution in [2.24, 2.45) is 5.41 Å². The zero-order valence-electron chi connectivity index (χ0n) is 17.5. The number of carbonyl (C=O) groups excluding carboxylic acids is 1. The van der Waals surface area contributed by atoms with Gasteiger partial charge in [-0.15, -0.1) is 0 Å². The minimum Gasteiger partial charge on any atom is -0.481 e. The van der Waals surface area contributed by atoms with Crippen LogP contribution >= 0.6 is 0 Å². The van der Waals surface area contributed by atoms with Gasteiger partial charge >= 0.3 is 5.63 Å². The van der Waals surface area contributed by atoms with Crippen molar-refractivity contribution in [3.63, 3.8) is 0 Å². The molecule has 0 aliphatic carbocycles. The van der Waals surface area contributed by atoms with Gasteiger partial charge in [-0.25, -0.2) is 4.79 Å². The van der Waals surface area contributed by atoms with E-state index in [0.29, 0.717) is 16.9 Å². The highest BCUT2D eigenvalue weighted by molar-refractivity contribution is 5.83. The second-order valence-electron chi connectivity index (χ2n) is 8.53. The third-order valence-electron chi connectivity index (χ3n) is 6.62. The van der Waals surface area contributed by atoms with Crippen molar-refractivity contribution < 1.29 is 18.7 Å². The van der Waals surface area contributed by atoms with Crippen molar-refractivity contribution >= 4 is 16.9 Å². The summed E-state index contributed by atoms with van der Waals surface area (Å²) in [5, 5.41) is 0.880. The van der Waals surface area contributed by atoms with Gasteiger partial charge < -0.3 is 18.8 Å². The molecule has 2 fully saturated rings. The van der Waals surface area contributed by atoms with Crippen molar-refractivity contribution in [2.75, 3.05) is 26.3 Å². The van der Waals surface area contributed by atoms with E-state index in [1.54, 1.807) is 19.9 Å². The number of nitrogens with zero attached hydrogens (tertiary/aromatic N) is 1. The van der Waals surface area contributed by atoms with E-state index in [2.05, 4.69) is 0 Å². The second kappa shape index (κ2) is 7.82. The topological polar surface area (TPSA) is 69.0 Å². The Morgan fingerprint density at radius 3 is 2.69 bits per heavy atom. The van der Waals surface area contributed by atoms with Crippen LogP contribution in [0.2, 0.25) is 0 Å². The Morgan fingerprint density at radius 1 is 1.17 bits per heavy atom.